The molecule has 3 unspecified atom stereocenters. The van der Waals surface area contributed by atoms with Crippen LogP contribution < -0.4 is 0 Å². The lowest BCUT2D eigenvalue weighted by Gasteiger charge is -2.25. The highest BCUT2D eigenvalue weighted by Crippen LogP contribution is 2.36. The maximum absolute atomic E-state index is 2.53. The second kappa shape index (κ2) is 9.58. The molecule has 0 saturated carbocycles. The highest BCUT2D eigenvalue weighted by molar-refractivity contribution is 5.71. The number of allylic oxidation sites excluding steroid dienone is 4. The Morgan fingerprint density at radius 1 is 0.846 bits per heavy atom. The average molecular weight is 351 g/mol. The zero-order valence-corrected chi connectivity index (χ0v) is 17.3. The van der Waals surface area contributed by atoms with Gasteiger partial charge in [0.1, 0.15) is 0 Å². The van der Waals surface area contributed by atoms with Crippen LogP contribution in [0, 0.1) is 17.8 Å². The van der Waals surface area contributed by atoms with Crippen LogP contribution in [0.1, 0.15) is 96.1 Å². The molecule has 0 heteroatoms. The molecule has 0 bridgehead atoms. The lowest BCUT2D eigenvalue weighted by Crippen LogP contribution is -2.09. The summed E-state index contributed by atoms with van der Waals surface area (Å²) in [5.41, 5.74) is 6.07. The van der Waals surface area contributed by atoms with Gasteiger partial charge in [-0.15, -0.1) is 0 Å². The molecule has 0 fully saturated rings. The van der Waals surface area contributed by atoms with Crippen LogP contribution in [0.2, 0.25) is 0 Å². The van der Waals surface area contributed by atoms with Crippen molar-refractivity contribution in [1.29, 1.82) is 0 Å². The summed E-state index contributed by atoms with van der Waals surface area (Å²) in [7, 11) is 0. The standard InChI is InChI=1S/C26H38/c1-4-6-21-7-11-23(12-8-21)25-15-17-26(18-16-25)24-13-9-22(10-14-24)19-20(3)5-2/h11,13,15-18,20-22H,4-10,12,14,19H2,1-3H3. The molecule has 26 heavy (non-hydrogen) atoms. The Labute approximate surface area is 161 Å². The molecule has 3 rings (SSSR count). The van der Waals surface area contributed by atoms with E-state index in [-0.39, 0.29) is 0 Å². The Balaban J connectivity index is 1.58. The van der Waals surface area contributed by atoms with E-state index in [1.807, 2.05) is 0 Å². The number of benzene rings is 1. The van der Waals surface area contributed by atoms with E-state index >= 15 is 0 Å². The Hall–Kier alpha value is -1.30. The summed E-state index contributed by atoms with van der Waals surface area (Å²) in [6.45, 7) is 7.04. The summed E-state index contributed by atoms with van der Waals surface area (Å²) in [4.78, 5) is 0. The van der Waals surface area contributed by atoms with Crippen LogP contribution in [0.3, 0.4) is 0 Å². The minimum Gasteiger partial charge on any atom is -0.0804 e. The second-order valence-electron chi connectivity index (χ2n) is 8.85. The maximum atomic E-state index is 2.53. The lowest BCUT2D eigenvalue weighted by molar-refractivity contribution is 0.362. The molecule has 2 aliphatic carbocycles. The minimum atomic E-state index is 0.884. The van der Waals surface area contributed by atoms with Crippen molar-refractivity contribution in [3.8, 4) is 0 Å². The number of hydrogen-bond acceptors (Lipinski definition) is 0. The quantitative estimate of drug-likeness (QED) is 0.464. The van der Waals surface area contributed by atoms with Gasteiger partial charge >= 0.3 is 0 Å². The first-order valence-corrected chi connectivity index (χ1v) is 11.2. The van der Waals surface area contributed by atoms with Crippen LogP contribution in [-0.2, 0) is 0 Å². The average Bonchev–Trinajstić information content (AvgIpc) is 2.69. The second-order valence-corrected chi connectivity index (χ2v) is 8.85. The van der Waals surface area contributed by atoms with E-state index in [1.54, 1.807) is 11.1 Å². The predicted molar refractivity (Wildman–Crippen MR) is 116 cm³/mol. The molecule has 3 atom stereocenters. The van der Waals surface area contributed by atoms with Crippen LogP contribution in [0.15, 0.2) is 36.4 Å². The smallest absolute Gasteiger partial charge is 0.0227 e. The van der Waals surface area contributed by atoms with Gasteiger partial charge in [0.2, 0.25) is 0 Å². The Bertz CT molecular complexity index is 616. The molecule has 0 saturated heterocycles. The summed E-state index contributed by atoms with van der Waals surface area (Å²) in [6, 6.07) is 9.48. The van der Waals surface area contributed by atoms with Crippen LogP contribution in [0.4, 0.5) is 0 Å². The van der Waals surface area contributed by atoms with Gasteiger partial charge in [0.05, 0.1) is 0 Å². The molecule has 0 aliphatic heterocycles. The summed E-state index contributed by atoms with van der Waals surface area (Å²) < 4.78 is 0. The van der Waals surface area contributed by atoms with Crippen molar-refractivity contribution in [3.63, 3.8) is 0 Å². The lowest BCUT2D eigenvalue weighted by atomic mass is 9.81. The predicted octanol–water partition coefficient (Wildman–Crippen LogP) is 8.29. The van der Waals surface area contributed by atoms with E-state index in [1.165, 1.54) is 75.3 Å². The molecule has 2 aliphatic rings. The Morgan fingerprint density at radius 3 is 1.81 bits per heavy atom. The first-order chi connectivity index (χ1) is 12.7. The zero-order chi connectivity index (χ0) is 18.4. The van der Waals surface area contributed by atoms with Gasteiger partial charge in [-0.2, -0.15) is 0 Å². The molecule has 1 aromatic rings. The van der Waals surface area contributed by atoms with Crippen molar-refractivity contribution >= 4 is 11.1 Å². The van der Waals surface area contributed by atoms with E-state index in [0.717, 1.165) is 17.8 Å². The number of hydrogen-bond donors (Lipinski definition) is 0. The SMILES string of the molecule is CCCC1CC=C(c2ccc(C3=CCC(CC(C)CC)CC3)cc2)CC1. The fraction of sp³-hybridized carbons (Fsp3) is 0.615. The number of rotatable bonds is 7. The molecule has 0 aromatic heterocycles. The van der Waals surface area contributed by atoms with E-state index in [9.17, 15) is 0 Å². The van der Waals surface area contributed by atoms with E-state index < -0.39 is 0 Å². The highest BCUT2D eigenvalue weighted by atomic mass is 14.2. The summed E-state index contributed by atoms with van der Waals surface area (Å²) in [5, 5.41) is 0. The molecule has 0 radical (unpaired) electrons. The van der Waals surface area contributed by atoms with Gasteiger partial charge in [0.15, 0.2) is 0 Å². The highest BCUT2D eigenvalue weighted by Gasteiger charge is 2.18. The first-order valence-electron chi connectivity index (χ1n) is 11.2. The third-order valence-corrected chi connectivity index (χ3v) is 6.80. The van der Waals surface area contributed by atoms with Crippen LogP contribution in [0.25, 0.3) is 11.1 Å². The maximum Gasteiger partial charge on any atom is -0.0227 e. The zero-order valence-electron chi connectivity index (χ0n) is 17.3. The molecule has 142 valence electrons. The third-order valence-electron chi connectivity index (χ3n) is 6.80. The molecular formula is C26H38. The van der Waals surface area contributed by atoms with Gasteiger partial charge in [-0.3, -0.25) is 0 Å². The summed E-state index contributed by atoms with van der Waals surface area (Å²) in [5.74, 6) is 2.73. The Morgan fingerprint density at radius 2 is 1.38 bits per heavy atom. The minimum absolute atomic E-state index is 0.884. The van der Waals surface area contributed by atoms with E-state index in [2.05, 4.69) is 57.2 Å². The van der Waals surface area contributed by atoms with Crippen molar-refractivity contribution in [2.24, 2.45) is 17.8 Å². The van der Waals surface area contributed by atoms with Crippen molar-refractivity contribution < 1.29 is 0 Å². The molecular weight excluding hydrogens is 312 g/mol. The van der Waals surface area contributed by atoms with Crippen LogP contribution in [0.5, 0.6) is 0 Å². The van der Waals surface area contributed by atoms with Crippen molar-refractivity contribution in [2.45, 2.75) is 85.0 Å². The van der Waals surface area contributed by atoms with Gasteiger partial charge < -0.3 is 0 Å². The third kappa shape index (κ3) is 5.12. The van der Waals surface area contributed by atoms with Crippen molar-refractivity contribution in [2.75, 3.05) is 0 Å². The fourth-order valence-electron chi connectivity index (χ4n) is 4.82. The van der Waals surface area contributed by atoms with Gasteiger partial charge in [-0.25, -0.2) is 0 Å². The molecule has 0 spiro atoms. The van der Waals surface area contributed by atoms with Gasteiger partial charge in [-0.05, 0) is 85.0 Å². The first kappa shape index (κ1) is 19.5. The van der Waals surface area contributed by atoms with Crippen molar-refractivity contribution in [1.82, 2.24) is 0 Å². The molecule has 0 N–H and O–H groups in total. The topological polar surface area (TPSA) is 0 Å². The van der Waals surface area contributed by atoms with E-state index in [4.69, 9.17) is 0 Å². The molecule has 0 nitrogen and oxygen atoms in total. The Kier molecular flexibility index (Phi) is 7.17. The molecule has 0 heterocycles. The van der Waals surface area contributed by atoms with Crippen LogP contribution in [-0.4, -0.2) is 0 Å². The molecule has 0 amide bonds. The van der Waals surface area contributed by atoms with Gasteiger partial charge in [-0.1, -0.05) is 76.5 Å². The van der Waals surface area contributed by atoms with Crippen molar-refractivity contribution in [3.05, 3.63) is 47.5 Å². The monoisotopic (exact) mass is 350 g/mol. The summed E-state index contributed by atoms with van der Waals surface area (Å²) >= 11 is 0. The summed E-state index contributed by atoms with van der Waals surface area (Å²) in [6.07, 6.45) is 18.4. The largest absolute Gasteiger partial charge is 0.0804 e. The normalized spacial score (nSPS) is 24.7. The van der Waals surface area contributed by atoms with E-state index in [0.29, 0.717) is 0 Å². The fourth-order valence-corrected chi connectivity index (χ4v) is 4.82. The van der Waals surface area contributed by atoms with Crippen LogP contribution >= 0.6 is 0 Å². The van der Waals surface area contributed by atoms with Gasteiger partial charge in [0.25, 0.3) is 0 Å². The molecule has 1 aromatic carbocycles. The van der Waals surface area contributed by atoms with Gasteiger partial charge in [0, 0.05) is 0 Å².